The number of rotatable bonds is 10. The lowest BCUT2D eigenvalue weighted by molar-refractivity contribution is 0.0602. The summed E-state index contributed by atoms with van der Waals surface area (Å²) in [4.78, 5) is 20.9. The number of para-hydroxylation sites is 3. The molecule has 0 fully saturated rings. The number of fused-ring (bicyclic) bond motifs is 5. The number of hydrogen-bond donors (Lipinski definition) is 2. The van der Waals surface area contributed by atoms with Crippen LogP contribution in [0, 0.1) is 0 Å². The summed E-state index contributed by atoms with van der Waals surface area (Å²) < 4.78 is 9.36. The molecular formula is C33H35N5O2. The molecule has 0 aliphatic rings. The number of nitrogens with one attached hydrogen (secondary N) is 2. The van der Waals surface area contributed by atoms with Crippen LogP contribution in [0.4, 0.5) is 0 Å². The summed E-state index contributed by atoms with van der Waals surface area (Å²) in [5.74, 6) is -0.287. The molecule has 0 aliphatic heterocycles. The third-order valence-corrected chi connectivity index (χ3v) is 7.76. The maximum atomic E-state index is 12.2. The van der Waals surface area contributed by atoms with Crippen molar-refractivity contribution in [3.05, 3.63) is 89.9 Å². The summed E-state index contributed by atoms with van der Waals surface area (Å²) in [5, 5.41) is 9.19. The first kappa shape index (κ1) is 25.9. The van der Waals surface area contributed by atoms with Crippen molar-refractivity contribution in [1.29, 1.82) is 0 Å². The van der Waals surface area contributed by atoms with E-state index in [2.05, 4.69) is 81.1 Å². The Morgan fingerprint density at radius 2 is 1.57 bits per heavy atom. The molecule has 3 aromatic heterocycles. The molecule has 0 spiro atoms. The van der Waals surface area contributed by atoms with E-state index in [-0.39, 0.29) is 5.97 Å². The van der Waals surface area contributed by atoms with Gasteiger partial charge in [0.05, 0.1) is 28.9 Å². The minimum Gasteiger partial charge on any atom is -0.465 e. The molecule has 3 heterocycles. The molecule has 0 amide bonds. The molecule has 0 aliphatic carbocycles. The van der Waals surface area contributed by atoms with Crippen LogP contribution in [0.2, 0.25) is 0 Å². The molecule has 3 aromatic carbocycles. The number of ether oxygens (including phenoxy) is 1. The Morgan fingerprint density at radius 3 is 2.40 bits per heavy atom. The topological polar surface area (TPSA) is 76.3 Å². The van der Waals surface area contributed by atoms with E-state index in [1.165, 1.54) is 28.8 Å². The predicted molar refractivity (Wildman–Crippen MR) is 163 cm³/mol. The van der Waals surface area contributed by atoms with Crippen LogP contribution in [0.15, 0.2) is 84.0 Å². The molecule has 40 heavy (non-hydrogen) atoms. The van der Waals surface area contributed by atoms with Crippen LogP contribution in [-0.2, 0) is 18.3 Å². The van der Waals surface area contributed by atoms with Gasteiger partial charge in [-0.1, -0.05) is 54.6 Å². The van der Waals surface area contributed by atoms with Gasteiger partial charge >= 0.3 is 5.97 Å². The Labute approximate surface area is 233 Å². The van der Waals surface area contributed by atoms with E-state index in [1.807, 2.05) is 24.4 Å². The second-order valence-corrected chi connectivity index (χ2v) is 10.3. The largest absolute Gasteiger partial charge is 0.465 e. The van der Waals surface area contributed by atoms with E-state index in [9.17, 15) is 4.79 Å². The molecule has 0 saturated heterocycles. The minimum absolute atomic E-state index is 0.287. The quantitative estimate of drug-likeness (QED) is 0.170. The molecule has 2 N–H and O–H groups in total. The Balaban J connectivity index is 1.07. The number of nitrogens with zero attached hydrogens (tertiary/aromatic N) is 3. The fourth-order valence-corrected chi connectivity index (χ4v) is 5.76. The summed E-state index contributed by atoms with van der Waals surface area (Å²) in [6, 6.07) is 25.0. The third-order valence-electron chi connectivity index (χ3n) is 7.76. The number of hydrogen-bond acceptors (Lipinski definition) is 4. The first-order valence-corrected chi connectivity index (χ1v) is 14.0. The van der Waals surface area contributed by atoms with E-state index in [0.29, 0.717) is 5.56 Å². The summed E-state index contributed by atoms with van der Waals surface area (Å²) in [6.07, 6.45) is 4.99. The Hall–Kier alpha value is -4.36. The number of benzene rings is 3. The number of unbranched alkanes of at least 4 members (excludes halogenated alkanes) is 1. The Morgan fingerprint density at radius 1 is 0.875 bits per heavy atom. The molecule has 0 saturated carbocycles. The Kier molecular flexibility index (Phi) is 7.38. The van der Waals surface area contributed by atoms with Gasteiger partial charge < -0.3 is 24.2 Å². The SMILES string of the molecule is COC(=O)c1cn(CCCCNCCCN=c2c3ccccc3n(C)c3[nH]c4ccccc4c23)c2ccccc12. The maximum absolute atomic E-state index is 12.2. The smallest absolute Gasteiger partial charge is 0.340 e. The molecule has 7 nitrogen and oxygen atoms in total. The van der Waals surface area contributed by atoms with Crippen LogP contribution < -0.4 is 10.7 Å². The second-order valence-electron chi connectivity index (χ2n) is 10.3. The van der Waals surface area contributed by atoms with Gasteiger partial charge in [-0.3, -0.25) is 4.99 Å². The van der Waals surface area contributed by atoms with Crippen LogP contribution in [0.5, 0.6) is 0 Å². The lowest BCUT2D eigenvalue weighted by Crippen LogP contribution is -2.18. The van der Waals surface area contributed by atoms with Gasteiger partial charge in [-0.15, -0.1) is 0 Å². The zero-order valence-corrected chi connectivity index (χ0v) is 23.1. The van der Waals surface area contributed by atoms with Crippen molar-refractivity contribution in [3.63, 3.8) is 0 Å². The van der Waals surface area contributed by atoms with Crippen molar-refractivity contribution in [3.8, 4) is 0 Å². The van der Waals surface area contributed by atoms with Crippen molar-refractivity contribution in [2.45, 2.75) is 25.8 Å². The van der Waals surface area contributed by atoms with Crippen molar-refractivity contribution >= 4 is 49.7 Å². The number of esters is 1. The van der Waals surface area contributed by atoms with Crippen molar-refractivity contribution in [2.75, 3.05) is 26.7 Å². The summed E-state index contributed by atoms with van der Waals surface area (Å²) in [6.45, 7) is 3.52. The van der Waals surface area contributed by atoms with Gasteiger partial charge in [-0.2, -0.15) is 0 Å². The molecule has 6 aromatic rings. The molecule has 0 radical (unpaired) electrons. The van der Waals surface area contributed by atoms with Crippen molar-refractivity contribution < 1.29 is 9.53 Å². The zero-order chi connectivity index (χ0) is 27.5. The zero-order valence-electron chi connectivity index (χ0n) is 23.1. The van der Waals surface area contributed by atoms with Crippen molar-refractivity contribution in [2.24, 2.45) is 12.0 Å². The molecule has 0 bridgehead atoms. The number of H-pyrrole nitrogens is 1. The minimum atomic E-state index is -0.287. The van der Waals surface area contributed by atoms with E-state index in [1.54, 1.807) is 0 Å². The van der Waals surface area contributed by atoms with Crippen LogP contribution in [0.25, 0.3) is 43.7 Å². The van der Waals surface area contributed by atoms with Gasteiger partial charge in [0, 0.05) is 53.5 Å². The van der Waals surface area contributed by atoms with E-state index in [4.69, 9.17) is 9.73 Å². The van der Waals surface area contributed by atoms with Gasteiger partial charge in [0.2, 0.25) is 0 Å². The number of pyridine rings is 1. The fourth-order valence-electron chi connectivity index (χ4n) is 5.76. The van der Waals surface area contributed by atoms with Crippen LogP contribution >= 0.6 is 0 Å². The Bertz CT molecular complexity index is 1890. The lowest BCUT2D eigenvalue weighted by Gasteiger charge is -2.09. The number of methoxy groups -OCH3 is 1. The number of aromatic amines is 1. The van der Waals surface area contributed by atoms with Gasteiger partial charge in [-0.05, 0) is 50.6 Å². The van der Waals surface area contributed by atoms with Gasteiger partial charge in [-0.25, -0.2) is 4.79 Å². The summed E-state index contributed by atoms with van der Waals surface area (Å²) >= 11 is 0. The lowest BCUT2D eigenvalue weighted by atomic mass is 10.1. The first-order valence-electron chi connectivity index (χ1n) is 14.0. The molecule has 0 unspecified atom stereocenters. The number of carbonyl (C=O) groups is 1. The molecular weight excluding hydrogens is 498 g/mol. The van der Waals surface area contributed by atoms with Gasteiger partial charge in [0.25, 0.3) is 0 Å². The number of aromatic nitrogens is 3. The molecule has 204 valence electrons. The summed E-state index contributed by atoms with van der Waals surface area (Å²) in [5.41, 5.74) is 5.11. The normalized spacial score (nSPS) is 12.3. The highest BCUT2D eigenvalue weighted by Gasteiger charge is 2.15. The fraction of sp³-hybridized carbons (Fsp3) is 0.273. The average Bonchev–Trinajstić information content (AvgIpc) is 3.57. The maximum Gasteiger partial charge on any atom is 0.340 e. The van der Waals surface area contributed by atoms with E-state index in [0.717, 1.165) is 72.9 Å². The second kappa shape index (κ2) is 11.4. The number of aryl methyl sites for hydroxylation is 2. The highest BCUT2D eigenvalue weighted by atomic mass is 16.5. The standard InChI is InChI=1S/C33H35N5O2/c1-37-28-16-7-5-14-25(28)31(30-24-13-3-6-15-27(24)36-32(30)37)35-20-11-19-34-18-9-10-21-38-22-26(33(39)40-2)23-12-4-8-17-29(23)38/h3-8,12-17,22,34,36H,9-11,18-21H2,1-2H3. The predicted octanol–water partition coefficient (Wildman–Crippen LogP) is 5.91. The monoisotopic (exact) mass is 533 g/mol. The average molecular weight is 534 g/mol. The summed E-state index contributed by atoms with van der Waals surface area (Å²) in [7, 11) is 3.54. The highest BCUT2D eigenvalue weighted by Crippen LogP contribution is 2.26. The van der Waals surface area contributed by atoms with E-state index >= 15 is 0 Å². The van der Waals surface area contributed by atoms with Gasteiger partial charge in [0.1, 0.15) is 5.65 Å². The van der Waals surface area contributed by atoms with Crippen LogP contribution in [-0.4, -0.2) is 46.8 Å². The molecule has 6 rings (SSSR count). The number of carbonyl (C=O) groups excluding carboxylic acids is 1. The molecule has 7 heteroatoms. The van der Waals surface area contributed by atoms with Gasteiger partial charge in [0.15, 0.2) is 0 Å². The van der Waals surface area contributed by atoms with Crippen molar-refractivity contribution in [1.82, 2.24) is 19.4 Å². The van der Waals surface area contributed by atoms with Crippen LogP contribution in [0.1, 0.15) is 29.6 Å². The first-order chi connectivity index (χ1) is 19.7. The molecule has 0 atom stereocenters. The highest BCUT2D eigenvalue weighted by molar-refractivity contribution is 6.09. The van der Waals surface area contributed by atoms with Crippen LogP contribution in [0.3, 0.4) is 0 Å². The van der Waals surface area contributed by atoms with E-state index < -0.39 is 0 Å². The third kappa shape index (κ3) is 4.77.